The molecule has 0 amide bonds. The molecule has 2 aromatic heterocycles. The molecule has 0 fully saturated rings. The van der Waals surface area contributed by atoms with Gasteiger partial charge in [-0.1, -0.05) is 0 Å². The first kappa shape index (κ1) is 10.4. The maximum Gasteiger partial charge on any atom is 0.0699 e. The minimum absolute atomic E-state index is 0.261. The Morgan fingerprint density at radius 2 is 2.27 bits per heavy atom. The number of nitrogens with zero attached hydrogens (tertiary/aromatic N) is 2. The summed E-state index contributed by atoms with van der Waals surface area (Å²) in [6.07, 6.45) is 3.96. The van der Waals surface area contributed by atoms with Crippen LogP contribution >= 0.6 is 11.3 Å². The normalized spacial score (nSPS) is 13.0. The van der Waals surface area contributed by atoms with E-state index in [0.717, 1.165) is 0 Å². The SMILES string of the molecule is CNC(c1cnn(C)c1)c1ccc(C)s1. The molecular weight excluding hydrogens is 206 g/mol. The van der Waals surface area contributed by atoms with Gasteiger partial charge >= 0.3 is 0 Å². The second kappa shape index (κ2) is 4.16. The largest absolute Gasteiger partial charge is 0.309 e. The van der Waals surface area contributed by atoms with Gasteiger partial charge in [-0.15, -0.1) is 11.3 Å². The summed E-state index contributed by atoms with van der Waals surface area (Å²) in [6.45, 7) is 2.13. The highest BCUT2D eigenvalue weighted by Gasteiger charge is 2.14. The number of nitrogens with one attached hydrogen (secondary N) is 1. The molecule has 2 rings (SSSR count). The Hall–Kier alpha value is -1.13. The average molecular weight is 221 g/mol. The van der Waals surface area contributed by atoms with Gasteiger partial charge in [0.25, 0.3) is 0 Å². The molecular formula is C11H15N3S. The fraction of sp³-hybridized carbons (Fsp3) is 0.364. The van der Waals surface area contributed by atoms with Crippen molar-refractivity contribution in [2.75, 3.05) is 7.05 Å². The van der Waals surface area contributed by atoms with Crippen molar-refractivity contribution < 1.29 is 0 Å². The summed E-state index contributed by atoms with van der Waals surface area (Å²) in [4.78, 5) is 2.68. The van der Waals surface area contributed by atoms with Gasteiger partial charge in [0.05, 0.1) is 12.2 Å². The van der Waals surface area contributed by atoms with Crippen molar-refractivity contribution in [3.05, 3.63) is 39.8 Å². The van der Waals surface area contributed by atoms with Crippen LogP contribution in [0.5, 0.6) is 0 Å². The van der Waals surface area contributed by atoms with Gasteiger partial charge in [0.1, 0.15) is 0 Å². The van der Waals surface area contributed by atoms with E-state index in [0.29, 0.717) is 0 Å². The molecule has 4 heteroatoms. The van der Waals surface area contributed by atoms with Crippen LogP contribution in [-0.2, 0) is 7.05 Å². The molecule has 0 aliphatic carbocycles. The molecule has 3 nitrogen and oxygen atoms in total. The fourth-order valence-electron chi connectivity index (χ4n) is 1.67. The lowest BCUT2D eigenvalue weighted by Gasteiger charge is -2.11. The second-order valence-electron chi connectivity index (χ2n) is 3.62. The molecule has 1 atom stereocenters. The molecule has 0 spiro atoms. The Morgan fingerprint density at radius 3 is 2.73 bits per heavy atom. The molecule has 0 saturated carbocycles. The third kappa shape index (κ3) is 2.11. The van der Waals surface area contributed by atoms with Gasteiger partial charge in [0.2, 0.25) is 0 Å². The maximum absolute atomic E-state index is 4.20. The Labute approximate surface area is 93.7 Å². The number of rotatable bonds is 3. The highest BCUT2D eigenvalue weighted by Crippen LogP contribution is 2.27. The van der Waals surface area contributed by atoms with Crippen LogP contribution < -0.4 is 5.32 Å². The molecule has 0 bridgehead atoms. The summed E-state index contributed by atoms with van der Waals surface area (Å²) in [5, 5.41) is 7.52. The molecule has 1 N–H and O–H groups in total. The van der Waals surface area contributed by atoms with E-state index < -0.39 is 0 Å². The molecule has 0 aliphatic rings. The van der Waals surface area contributed by atoms with E-state index in [1.54, 1.807) is 0 Å². The minimum atomic E-state index is 0.261. The van der Waals surface area contributed by atoms with Gasteiger partial charge in [-0.2, -0.15) is 5.10 Å². The first-order valence-electron chi connectivity index (χ1n) is 4.93. The van der Waals surface area contributed by atoms with E-state index in [1.165, 1.54) is 15.3 Å². The van der Waals surface area contributed by atoms with Crippen LogP contribution in [0.25, 0.3) is 0 Å². The zero-order valence-electron chi connectivity index (χ0n) is 9.19. The van der Waals surface area contributed by atoms with Gasteiger partial charge in [0.15, 0.2) is 0 Å². The predicted octanol–water partition coefficient (Wildman–Crippen LogP) is 2.10. The Balaban J connectivity index is 2.32. The summed E-state index contributed by atoms with van der Waals surface area (Å²) < 4.78 is 1.83. The first-order chi connectivity index (χ1) is 7.20. The van der Waals surface area contributed by atoms with E-state index >= 15 is 0 Å². The highest BCUT2D eigenvalue weighted by molar-refractivity contribution is 7.12. The third-order valence-electron chi connectivity index (χ3n) is 2.39. The van der Waals surface area contributed by atoms with Gasteiger partial charge in [-0.25, -0.2) is 0 Å². The van der Waals surface area contributed by atoms with Gasteiger partial charge in [-0.05, 0) is 26.1 Å². The number of thiophene rings is 1. The van der Waals surface area contributed by atoms with Crippen molar-refractivity contribution in [2.24, 2.45) is 7.05 Å². The Morgan fingerprint density at radius 1 is 1.47 bits per heavy atom. The van der Waals surface area contributed by atoms with Crippen LogP contribution in [0.3, 0.4) is 0 Å². The molecule has 2 aromatic rings. The van der Waals surface area contributed by atoms with Gasteiger partial charge < -0.3 is 5.32 Å². The summed E-state index contributed by atoms with van der Waals surface area (Å²) in [5.41, 5.74) is 1.21. The van der Waals surface area contributed by atoms with Crippen LogP contribution in [0, 0.1) is 6.92 Å². The van der Waals surface area contributed by atoms with Crippen LogP contribution in [0.2, 0.25) is 0 Å². The van der Waals surface area contributed by atoms with Crippen LogP contribution in [-0.4, -0.2) is 16.8 Å². The monoisotopic (exact) mass is 221 g/mol. The van der Waals surface area contributed by atoms with Crippen molar-refractivity contribution >= 4 is 11.3 Å². The number of hydrogen-bond acceptors (Lipinski definition) is 3. The summed E-state index contributed by atoms with van der Waals surface area (Å²) in [6, 6.07) is 4.59. The van der Waals surface area contributed by atoms with E-state index in [4.69, 9.17) is 0 Å². The standard InChI is InChI=1S/C11H15N3S/c1-8-4-5-10(15-8)11(12-2)9-6-13-14(3)7-9/h4-7,11-12H,1-3H3. The van der Waals surface area contributed by atoms with Gasteiger partial charge in [0, 0.05) is 28.6 Å². The highest BCUT2D eigenvalue weighted by atomic mass is 32.1. The lowest BCUT2D eigenvalue weighted by atomic mass is 10.1. The minimum Gasteiger partial charge on any atom is -0.309 e. The van der Waals surface area contributed by atoms with E-state index in [2.05, 4.69) is 35.7 Å². The average Bonchev–Trinajstić information content (AvgIpc) is 2.78. The van der Waals surface area contributed by atoms with Crippen LogP contribution in [0.15, 0.2) is 24.5 Å². The lowest BCUT2D eigenvalue weighted by Crippen LogP contribution is -2.15. The molecule has 2 heterocycles. The molecule has 0 saturated heterocycles. The third-order valence-corrected chi connectivity index (χ3v) is 3.46. The number of aryl methyl sites for hydroxylation is 2. The Kier molecular flexibility index (Phi) is 2.88. The van der Waals surface area contributed by atoms with Crippen molar-refractivity contribution in [2.45, 2.75) is 13.0 Å². The lowest BCUT2D eigenvalue weighted by molar-refractivity contribution is 0.701. The van der Waals surface area contributed by atoms with Crippen LogP contribution in [0.4, 0.5) is 0 Å². The maximum atomic E-state index is 4.20. The number of aromatic nitrogens is 2. The molecule has 15 heavy (non-hydrogen) atoms. The molecule has 0 aromatic carbocycles. The first-order valence-corrected chi connectivity index (χ1v) is 5.74. The van der Waals surface area contributed by atoms with Crippen molar-refractivity contribution in [3.8, 4) is 0 Å². The quantitative estimate of drug-likeness (QED) is 0.860. The molecule has 1 unspecified atom stereocenters. The summed E-state index contributed by atoms with van der Waals surface area (Å²) in [5.74, 6) is 0. The molecule has 0 aliphatic heterocycles. The molecule has 0 radical (unpaired) electrons. The topological polar surface area (TPSA) is 29.9 Å². The number of hydrogen-bond donors (Lipinski definition) is 1. The van der Waals surface area contributed by atoms with Crippen molar-refractivity contribution in [3.63, 3.8) is 0 Å². The Bertz CT molecular complexity index is 404. The van der Waals surface area contributed by atoms with E-state index in [9.17, 15) is 0 Å². The van der Waals surface area contributed by atoms with E-state index in [1.807, 2.05) is 36.3 Å². The van der Waals surface area contributed by atoms with Crippen molar-refractivity contribution in [1.82, 2.24) is 15.1 Å². The predicted molar refractivity (Wildman–Crippen MR) is 63.2 cm³/mol. The fourth-order valence-corrected chi connectivity index (χ4v) is 2.69. The van der Waals surface area contributed by atoms with Crippen molar-refractivity contribution in [1.29, 1.82) is 0 Å². The van der Waals surface area contributed by atoms with Gasteiger partial charge in [-0.3, -0.25) is 4.68 Å². The van der Waals surface area contributed by atoms with Crippen LogP contribution in [0.1, 0.15) is 21.4 Å². The smallest absolute Gasteiger partial charge is 0.0699 e. The zero-order valence-corrected chi connectivity index (χ0v) is 10.0. The zero-order chi connectivity index (χ0) is 10.8. The molecule has 80 valence electrons. The second-order valence-corrected chi connectivity index (χ2v) is 4.94. The van der Waals surface area contributed by atoms with E-state index in [-0.39, 0.29) is 6.04 Å². The summed E-state index contributed by atoms with van der Waals surface area (Å²) in [7, 11) is 3.92. The summed E-state index contributed by atoms with van der Waals surface area (Å²) >= 11 is 1.82.